The fourth-order valence-electron chi connectivity index (χ4n) is 2.27. The van der Waals surface area contributed by atoms with E-state index in [9.17, 15) is 4.79 Å². The Morgan fingerprint density at radius 3 is 2.62 bits per heavy atom. The predicted molar refractivity (Wildman–Crippen MR) is 80.6 cm³/mol. The molecule has 0 spiro atoms. The number of nitrogens with one attached hydrogen (secondary N) is 1. The molecule has 3 rings (SSSR count). The Kier molecular flexibility index (Phi) is 4.17. The van der Waals surface area contributed by atoms with Crippen LogP contribution in [0.2, 0.25) is 0 Å². The molecule has 0 radical (unpaired) electrons. The lowest BCUT2D eigenvalue weighted by molar-refractivity contribution is -0.124. The summed E-state index contributed by atoms with van der Waals surface area (Å²) < 4.78 is 11.2. The first-order valence-corrected chi connectivity index (χ1v) is 7.07. The monoisotopic (exact) mass is 283 g/mol. The maximum atomic E-state index is 12.1. The van der Waals surface area contributed by atoms with Crippen LogP contribution < -0.4 is 10.1 Å². The van der Waals surface area contributed by atoms with E-state index in [0.29, 0.717) is 18.0 Å². The molecule has 0 bridgehead atoms. The Morgan fingerprint density at radius 2 is 1.86 bits per heavy atom. The Bertz CT molecular complexity index is 606. The SMILES string of the molecule is O=C(Nc1ccccc1Oc1ccccc1)[C@H]1CCCO1. The van der Waals surface area contributed by atoms with Gasteiger partial charge in [0.2, 0.25) is 0 Å². The van der Waals surface area contributed by atoms with Crippen LogP contribution in [0.5, 0.6) is 11.5 Å². The van der Waals surface area contributed by atoms with Crippen LogP contribution in [0.15, 0.2) is 54.6 Å². The summed E-state index contributed by atoms with van der Waals surface area (Å²) in [7, 11) is 0. The zero-order chi connectivity index (χ0) is 14.5. The molecule has 0 saturated carbocycles. The zero-order valence-electron chi connectivity index (χ0n) is 11.6. The number of hydrogen-bond acceptors (Lipinski definition) is 3. The Labute approximate surface area is 123 Å². The first-order valence-electron chi connectivity index (χ1n) is 7.07. The van der Waals surface area contributed by atoms with Gasteiger partial charge in [0.05, 0.1) is 5.69 Å². The van der Waals surface area contributed by atoms with Gasteiger partial charge in [-0.1, -0.05) is 30.3 Å². The number of carbonyl (C=O) groups is 1. The van der Waals surface area contributed by atoms with E-state index in [-0.39, 0.29) is 12.0 Å². The molecule has 0 aromatic heterocycles. The Morgan fingerprint density at radius 1 is 1.10 bits per heavy atom. The van der Waals surface area contributed by atoms with E-state index in [1.54, 1.807) is 0 Å². The third-order valence-corrected chi connectivity index (χ3v) is 3.34. The van der Waals surface area contributed by atoms with Crippen molar-refractivity contribution in [2.75, 3.05) is 11.9 Å². The molecule has 1 heterocycles. The molecule has 4 heteroatoms. The molecule has 1 atom stereocenters. The van der Waals surface area contributed by atoms with Crippen molar-refractivity contribution >= 4 is 11.6 Å². The summed E-state index contributed by atoms with van der Waals surface area (Å²) in [5, 5.41) is 2.88. The normalized spacial score (nSPS) is 17.4. The van der Waals surface area contributed by atoms with Crippen molar-refractivity contribution in [2.45, 2.75) is 18.9 Å². The molecule has 4 nitrogen and oxygen atoms in total. The van der Waals surface area contributed by atoms with Crippen LogP contribution in [0.3, 0.4) is 0 Å². The second kappa shape index (κ2) is 6.41. The van der Waals surface area contributed by atoms with E-state index in [1.165, 1.54) is 0 Å². The van der Waals surface area contributed by atoms with Gasteiger partial charge in [0.1, 0.15) is 11.9 Å². The molecule has 2 aromatic carbocycles. The minimum atomic E-state index is -0.352. The maximum Gasteiger partial charge on any atom is 0.253 e. The van der Waals surface area contributed by atoms with Crippen LogP contribution in [0.1, 0.15) is 12.8 Å². The number of benzene rings is 2. The summed E-state index contributed by atoms with van der Waals surface area (Å²) in [4.78, 5) is 12.1. The van der Waals surface area contributed by atoms with E-state index in [0.717, 1.165) is 18.6 Å². The number of anilines is 1. The highest BCUT2D eigenvalue weighted by molar-refractivity contribution is 5.95. The summed E-state index contributed by atoms with van der Waals surface area (Å²) in [6, 6.07) is 16.9. The lowest BCUT2D eigenvalue weighted by Gasteiger charge is -2.14. The fraction of sp³-hybridized carbons (Fsp3) is 0.235. The second-order valence-electron chi connectivity index (χ2n) is 4.90. The van der Waals surface area contributed by atoms with Gasteiger partial charge in [-0.25, -0.2) is 0 Å². The molecule has 2 aromatic rings. The van der Waals surface area contributed by atoms with Crippen LogP contribution in [0.4, 0.5) is 5.69 Å². The van der Waals surface area contributed by atoms with Crippen LogP contribution in [-0.4, -0.2) is 18.6 Å². The lowest BCUT2D eigenvalue weighted by atomic mass is 10.2. The molecular formula is C17H17NO3. The van der Waals surface area contributed by atoms with E-state index < -0.39 is 0 Å². The fourth-order valence-corrected chi connectivity index (χ4v) is 2.27. The number of hydrogen-bond donors (Lipinski definition) is 1. The smallest absolute Gasteiger partial charge is 0.253 e. The minimum absolute atomic E-state index is 0.114. The highest BCUT2D eigenvalue weighted by atomic mass is 16.5. The van der Waals surface area contributed by atoms with Crippen molar-refractivity contribution in [3.05, 3.63) is 54.6 Å². The van der Waals surface area contributed by atoms with Crippen molar-refractivity contribution < 1.29 is 14.3 Å². The van der Waals surface area contributed by atoms with Crippen LogP contribution in [-0.2, 0) is 9.53 Å². The summed E-state index contributed by atoms with van der Waals surface area (Å²) in [5.74, 6) is 1.24. The maximum absolute atomic E-state index is 12.1. The second-order valence-corrected chi connectivity index (χ2v) is 4.90. The van der Waals surface area contributed by atoms with Gasteiger partial charge >= 0.3 is 0 Å². The molecule has 21 heavy (non-hydrogen) atoms. The van der Waals surface area contributed by atoms with E-state index in [1.807, 2.05) is 54.6 Å². The van der Waals surface area contributed by atoms with Gasteiger partial charge in [-0.15, -0.1) is 0 Å². The van der Waals surface area contributed by atoms with E-state index in [2.05, 4.69) is 5.32 Å². The number of ether oxygens (including phenoxy) is 2. The van der Waals surface area contributed by atoms with E-state index in [4.69, 9.17) is 9.47 Å². The molecule has 1 fully saturated rings. The van der Waals surface area contributed by atoms with Gasteiger partial charge < -0.3 is 14.8 Å². The third kappa shape index (κ3) is 3.41. The minimum Gasteiger partial charge on any atom is -0.455 e. The highest BCUT2D eigenvalue weighted by Gasteiger charge is 2.24. The first-order chi connectivity index (χ1) is 10.3. The summed E-state index contributed by atoms with van der Waals surface area (Å²) in [6.45, 7) is 0.653. The van der Waals surface area contributed by atoms with Gasteiger partial charge in [0.25, 0.3) is 5.91 Å². The largest absolute Gasteiger partial charge is 0.455 e. The number of rotatable bonds is 4. The summed E-state index contributed by atoms with van der Waals surface area (Å²) >= 11 is 0. The lowest BCUT2D eigenvalue weighted by Crippen LogP contribution is -2.26. The van der Waals surface area contributed by atoms with Crippen molar-refractivity contribution in [3.63, 3.8) is 0 Å². The third-order valence-electron chi connectivity index (χ3n) is 3.34. The van der Waals surface area contributed by atoms with Gasteiger partial charge in [-0.2, -0.15) is 0 Å². The summed E-state index contributed by atoms with van der Waals surface area (Å²) in [6.07, 6.45) is 1.35. The Balaban J connectivity index is 1.74. The number of para-hydroxylation sites is 3. The Hall–Kier alpha value is -2.33. The van der Waals surface area contributed by atoms with Gasteiger partial charge in [0, 0.05) is 6.61 Å². The highest BCUT2D eigenvalue weighted by Crippen LogP contribution is 2.29. The van der Waals surface area contributed by atoms with Crippen molar-refractivity contribution in [1.29, 1.82) is 0 Å². The molecule has 1 aliphatic rings. The molecule has 0 unspecified atom stereocenters. The standard InChI is InChI=1S/C17H17NO3/c19-17(16-11-6-12-20-16)18-14-9-4-5-10-15(14)21-13-7-2-1-3-8-13/h1-5,7-10,16H,6,11-12H2,(H,18,19)/t16-/m1/s1. The zero-order valence-corrected chi connectivity index (χ0v) is 11.6. The molecular weight excluding hydrogens is 266 g/mol. The van der Waals surface area contributed by atoms with Gasteiger partial charge in [-0.05, 0) is 37.1 Å². The van der Waals surface area contributed by atoms with Crippen LogP contribution >= 0.6 is 0 Å². The molecule has 1 aliphatic heterocycles. The average molecular weight is 283 g/mol. The quantitative estimate of drug-likeness (QED) is 0.932. The molecule has 1 N–H and O–H groups in total. The molecule has 1 saturated heterocycles. The molecule has 1 amide bonds. The van der Waals surface area contributed by atoms with Crippen LogP contribution in [0, 0.1) is 0 Å². The van der Waals surface area contributed by atoms with E-state index >= 15 is 0 Å². The summed E-state index contributed by atoms with van der Waals surface area (Å²) in [5.41, 5.74) is 0.654. The number of carbonyl (C=O) groups excluding carboxylic acids is 1. The number of amides is 1. The topological polar surface area (TPSA) is 47.6 Å². The van der Waals surface area contributed by atoms with Crippen molar-refractivity contribution in [3.8, 4) is 11.5 Å². The van der Waals surface area contributed by atoms with Crippen molar-refractivity contribution in [2.24, 2.45) is 0 Å². The van der Waals surface area contributed by atoms with Gasteiger partial charge in [-0.3, -0.25) is 4.79 Å². The average Bonchev–Trinajstić information content (AvgIpc) is 3.05. The predicted octanol–water partition coefficient (Wildman–Crippen LogP) is 3.60. The van der Waals surface area contributed by atoms with Crippen molar-refractivity contribution in [1.82, 2.24) is 0 Å². The molecule has 108 valence electrons. The molecule has 0 aliphatic carbocycles. The van der Waals surface area contributed by atoms with Gasteiger partial charge in [0.15, 0.2) is 5.75 Å². The first kappa shape index (κ1) is 13.6. The van der Waals surface area contributed by atoms with Crippen LogP contribution in [0.25, 0.3) is 0 Å².